The van der Waals surface area contributed by atoms with Gasteiger partial charge in [-0.2, -0.15) is 0 Å². The second-order valence-electron chi connectivity index (χ2n) is 9.67. The maximum Gasteiger partial charge on any atom is 0.336 e. The van der Waals surface area contributed by atoms with E-state index in [2.05, 4.69) is 43.6 Å². The number of nitrogens with one attached hydrogen (secondary N) is 3. The number of carbonyl (C=O) groups is 2. The van der Waals surface area contributed by atoms with Crippen LogP contribution in [0.15, 0.2) is 60.7 Å². The Balaban J connectivity index is 2.01. The monoisotopic (exact) mass is 477 g/mol. The van der Waals surface area contributed by atoms with Gasteiger partial charge < -0.3 is 21.1 Å². The summed E-state index contributed by atoms with van der Waals surface area (Å²) >= 11 is 0. The third kappa shape index (κ3) is 6.59. The minimum absolute atomic E-state index is 0.0247. The van der Waals surface area contributed by atoms with Crippen molar-refractivity contribution in [1.82, 2.24) is 0 Å². The number of benzene rings is 3. The zero-order valence-corrected chi connectivity index (χ0v) is 20.7. The van der Waals surface area contributed by atoms with Crippen LogP contribution in [0.5, 0.6) is 0 Å². The van der Waals surface area contributed by atoms with Gasteiger partial charge in [-0.1, -0.05) is 51.5 Å². The molecule has 35 heavy (non-hydrogen) atoms. The molecule has 4 N–H and O–H groups in total. The predicted molar refractivity (Wildman–Crippen MR) is 140 cm³/mol. The van der Waals surface area contributed by atoms with E-state index in [1.54, 1.807) is 18.2 Å². The summed E-state index contributed by atoms with van der Waals surface area (Å²) in [6.45, 7) is 10.4. The van der Waals surface area contributed by atoms with Crippen molar-refractivity contribution in [3.63, 3.8) is 0 Å². The number of carbonyl (C=O) groups excluding carboxylic acids is 1. The van der Waals surface area contributed by atoms with Crippen molar-refractivity contribution in [2.45, 2.75) is 47.1 Å². The predicted octanol–water partition coefficient (Wildman–Crippen LogP) is 7.38. The summed E-state index contributed by atoms with van der Waals surface area (Å²) < 4.78 is 14.0. The quantitative estimate of drug-likeness (QED) is 0.286. The number of hydrogen-bond acceptors (Lipinski definition) is 3. The van der Waals surface area contributed by atoms with E-state index in [1.807, 2.05) is 31.2 Å². The number of urea groups is 1. The SMILES string of the molecule is CCC(Nc1ccc(-c2cc(F)ccc2C(=O)O)cc1NC(=O)Nc1ccc(C)cc1)C(C)(C)C. The molecule has 0 bridgehead atoms. The molecule has 184 valence electrons. The van der Waals surface area contributed by atoms with Crippen molar-refractivity contribution in [2.24, 2.45) is 5.41 Å². The first kappa shape index (κ1) is 25.7. The molecule has 0 saturated heterocycles. The van der Waals surface area contributed by atoms with Crippen molar-refractivity contribution in [3.8, 4) is 11.1 Å². The lowest BCUT2D eigenvalue weighted by molar-refractivity contribution is 0.0697. The van der Waals surface area contributed by atoms with Gasteiger partial charge in [0.2, 0.25) is 0 Å². The van der Waals surface area contributed by atoms with Gasteiger partial charge in [0.25, 0.3) is 0 Å². The zero-order valence-electron chi connectivity index (χ0n) is 20.7. The van der Waals surface area contributed by atoms with Gasteiger partial charge in [0.1, 0.15) is 5.82 Å². The first-order valence-corrected chi connectivity index (χ1v) is 11.6. The van der Waals surface area contributed by atoms with Crippen molar-refractivity contribution >= 4 is 29.1 Å². The average molecular weight is 478 g/mol. The fourth-order valence-electron chi connectivity index (χ4n) is 3.92. The molecule has 0 saturated carbocycles. The minimum Gasteiger partial charge on any atom is -0.478 e. The molecule has 0 heterocycles. The summed E-state index contributed by atoms with van der Waals surface area (Å²) in [5.74, 6) is -1.70. The molecule has 6 nitrogen and oxygen atoms in total. The van der Waals surface area contributed by atoms with Gasteiger partial charge in [-0.05, 0) is 72.4 Å². The highest BCUT2D eigenvalue weighted by Crippen LogP contribution is 2.34. The Bertz CT molecular complexity index is 1220. The van der Waals surface area contributed by atoms with Crippen LogP contribution in [-0.2, 0) is 0 Å². The Morgan fingerprint density at radius 2 is 1.63 bits per heavy atom. The average Bonchev–Trinajstić information content (AvgIpc) is 2.78. The van der Waals surface area contributed by atoms with Crippen LogP contribution >= 0.6 is 0 Å². The van der Waals surface area contributed by atoms with Crippen molar-refractivity contribution in [3.05, 3.63) is 77.6 Å². The van der Waals surface area contributed by atoms with Gasteiger partial charge in [0.15, 0.2) is 0 Å². The van der Waals surface area contributed by atoms with E-state index in [9.17, 15) is 19.1 Å². The van der Waals surface area contributed by atoms with Crippen molar-refractivity contribution in [1.29, 1.82) is 0 Å². The van der Waals surface area contributed by atoms with Crippen LogP contribution in [0.2, 0.25) is 0 Å². The molecule has 0 spiro atoms. The van der Waals surface area contributed by atoms with Gasteiger partial charge in [-0.3, -0.25) is 0 Å². The number of hydrogen-bond donors (Lipinski definition) is 4. The molecule has 1 unspecified atom stereocenters. The molecular formula is C28H32FN3O3. The van der Waals surface area contributed by atoms with Crippen LogP contribution < -0.4 is 16.0 Å². The van der Waals surface area contributed by atoms with Crippen LogP contribution in [0.1, 0.15) is 50.0 Å². The number of aromatic carboxylic acids is 1. The highest BCUT2D eigenvalue weighted by molar-refractivity contribution is 6.03. The molecule has 2 amide bonds. The van der Waals surface area contributed by atoms with Gasteiger partial charge in [0, 0.05) is 11.7 Å². The third-order valence-electron chi connectivity index (χ3n) is 5.88. The van der Waals surface area contributed by atoms with Crippen molar-refractivity contribution < 1.29 is 19.1 Å². The van der Waals surface area contributed by atoms with Gasteiger partial charge in [-0.15, -0.1) is 0 Å². The molecule has 0 fully saturated rings. The Hall–Kier alpha value is -3.87. The van der Waals surface area contributed by atoms with E-state index >= 15 is 0 Å². The number of aryl methyl sites for hydroxylation is 1. The summed E-state index contributed by atoms with van der Waals surface area (Å²) in [6, 6.07) is 15.8. The lowest BCUT2D eigenvalue weighted by Crippen LogP contribution is -2.33. The molecule has 3 aromatic carbocycles. The standard InChI is InChI=1S/C28H32FN3O3/c1-6-25(28(3,4)5)31-23-14-9-18(22-16-19(29)10-13-21(22)26(33)34)15-24(23)32-27(35)30-20-11-7-17(2)8-12-20/h7-16,25,31H,6H2,1-5H3,(H,33,34)(H2,30,32,35). The second kappa shape index (κ2) is 10.6. The summed E-state index contributed by atoms with van der Waals surface area (Å²) in [5, 5.41) is 18.8. The topological polar surface area (TPSA) is 90.5 Å². The van der Waals surface area contributed by atoms with Crippen molar-refractivity contribution in [2.75, 3.05) is 16.0 Å². The molecule has 3 aromatic rings. The normalized spacial score (nSPS) is 12.1. The van der Waals surface area contributed by atoms with E-state index in [0.717, 1.165) is 18.1 Å². The fourth-order valence-corrected chi connectivity index (χ4v) is 3.92. The lowest BCUT2D eigenvalue weighted by atomic mass is 9.85. The molecular weight excluding hydrogens is 445 g/mol. The molecule has 0 aliphatic heterocycles. The Kier molecular flexibility index (Phi) is 7.79. The number of carboxylic acids is 1. The highest BCUT2D eigenvalue weighted by atomic mass is 19.1. The van der Waals surface area contributed by atoms with E-state index < -0.39 is 17.8 Å². The number of halogens is 1. The number of amides is 2. The zero-order chi connectivity index (χ0) is 25.8. The lowest BCUT2D eigenvalue weighted by Gasteiger charge is -2.32. The smallest absolute Gasteiger partial charge is 0.336 e. The maximum atomic E-state index is 14.0. The first-order chi connectivity index (χ1) is 16.5. The third-order valence-corrected chi connectivity index (χ3v) is 5.88. The molecule has 0 aliphatic rings. The molecule has 7 heteroatoms. The van der Waals surface area contributed by atoms with E-state index in [-0.39, 0.29) is 22.6 Å². The fraction of sp³-hybridized carbons (Fsp3) is 0.286. The maximum absolute atomic E-state index is 14.0. The second-order valence-corrected chi connectivity index (χ2v) is 9.67. The van der Waals surface area contributed by atoms with Gasteiger partial charge >= 0.3 is 12.0 Å². The molecule has 3 rings (SSSR count). The Morgan fingerprint density at radius 3 is 2.23 bits per heavy atom. The summed E-state index contributed by atoms with van der Waals surface area (Å²) in [7, 11) is 0. The Morgan fingerprint density at radius 1 is 0.943 bits per heavy atom. The first-order valence-electron chi connectivity index (χ1n) is 11.6. The van der Waals surface area contributed by atoms with Crippen LogP contribution in [0, 0.1) is 18.2 Å². The number of anilines is 3. The summed E-state index contributed by atoms with van der Waals surface area (Å²) in [5.41, 5.74) is 3.48. The van der Waals surface area contributed by atoms with Crippen LogP contribution in [0.25, 0.3) is 11.1 Å². The molecule has 0 aliphatic carbocycles. The molecule has 1 atom stereocenters. The summed E-state index contributed by atoms with van der Waals surface area (Å²) in [4.78, 5) is 24.6. The number of carboxylic acid groups (broad SMARTS) is 1. The highest BCUT2D eigenvalue weighted by Gasteiger charge is 2.24. The van der Waals surface area contributed by atoms with Gasteiger partial charge in [0.05, 0.1) is 16.9 Å². The number of rotatable bonds is 7. The van der Waals surface area contributed by atoms with Crippen LogP contribution in [0.4, 0.5) is 26.2 Å². The Labute approximate surface area is 205 Å². The minimum atomic E-state index is -1.16. The largest absolute Gasteiger partial charge is 0.478 e. The van der Waals surface area contributed by atoms with Crippen LogP contribution in [0.3, 0.4) is 0 Å². The van der Waals surface area contributed by atoms with Gasteiger partial charge in [-0.25, -0.2) is 14.0 Å². The van der Waals surface area contributed by atoms with E-state index in [4.69, 9.17) is 0 Å². The van der Waals surface area contributed by atoms with E-state index in [0.29, 0.717) is 22.6 Å². The summed E-state index contributed by atoms with van der Waals surface area (Å²) in [6.07, 6.45) is 0.854. The molecule has 0 radical (unpaired) electrons. The van der Waals surface area contributed by atoms with E-state index in [1.165, 1.54) is 12.1 Å². The molecule has 0 aromatic heterocycles. The van der Waals surface area contributed by atoms with Crippen LogP contribution in [-0.4, -0.2) is 23.1 Å².